The van der Waals surface area contributed by atoms with Gasteiger partial charge in [0.2, 0.25) is 11.8 Å². The molecule has 1 unspecified atom stereocenters. The lowest BCUT2D eigenvalue weighted by Gasteiger charge is -2.39. The maximum Gasteiger partial charge on any atom is 0.418 e. The van der Waals surface area contributed by atoms with Gasteiger partial charge >= 0.3 is 11.9 Å². The predicted molar refractivity (Wildman–Crippen MR) is 231 cm³/mol. The Balaban J connectivity index is 0.720. The molecule has 1 N–H and O–H groups in total. The number of amides is 3. The number of rotatable bonds is 13. The molecule has 0 bridgehead atoms. The van der Waals surface area contributed by atoms with Gasteiger partial charge in [-0.15, -0.1) is 10.2 Å². The number of carbonyl (C=O) groups excluding carboxylic acids is 3. The Morgan fingerprint density at radius 2 is 1.70 bits per heavy atom. The Morgan fingerprint density at radius 3 is 2.44 bits per heavy atom. The number of benzene rings is 2. The van der Waals surface area contributed by atoms with Crippen LogP contribution in [0.2, 0.25) is 0 Å². The zero-order valence-corrected chi connectivity index (χ0v) is 36.1. The molecule has 3 fully saturated rings. The molecule has 0 aliphatic carbocycles. The molecule has 18 heteroatoms. The zero-order chi connectivity index (χ0) is 44.7. The second-order valence-corrected chi connectivity index (χ2v) is 17.6. The van der Waals surface area contributed by atoms with Crippen molar-refractivity contribution in [2.24, 2.45) is 13.0 Å². The highest BCUT2D eigenvalue weighted by Crippen LogP contribution is 2.35. The van der Waals surface area contributed by atoms with Gasteiger partial charge in [0.15, 0.2) is 0 Å². The molecule has 7 heterocycles. The van der Waals surface area contributed by atoms with E-state index in [0.29, 0.717) is 36.7 Å². The number of imide groups is 1. The highest BCUT2D eigenvalue weighted by Gasteiger charge is 2.39. The Kier molecular flexibility index (Phi) is 12.2. The number of halogens is 3. The number of pyridine rings is 1. The smallest absolute Gasteiger partial charge is 0.377 e. The molecule has 0 spiro atoms. The molecule has 4 aliphatic rings. The van der Waals surface area contributed by atoms with E-state index < -0.39 is 29.4 Å². The monoisotopic (exact) mass is 882 g/mol. The van der Waals surface area contributed by atoms with Crippen molar-refractivity contribution < 1.29 is 32.3 Å². The van der Waals surface area contributed by atoms with Crippen molar-refractivity contribution >= 4 is 28.9 Å². The first kappa shape index (κ1) is 43.4. The number of piperidine rings is 2. The van der Waals surface area contributed by atoms with Crippen LogP contribution in [0.15, 0.2) is 72.0 Å². The predicted octanol–water partition coefficient (Wildman–Crippen LogP) is 4.59. The lowest BCUT2D eigenvalue weighted by atomic mass is 9.95. The molecule has 0 radical (unpaired) electrons. The summed E-state index contributed by atoms with van der Waals surface area (Å²) in [5.74, 6) is 0.310. The molecular weight excluding hydrogens is 830 g/mol. The van der Waals surface area contributed by atoms with Gasteiger partial charge < -0.3 is 24.0 Å². The number of aromatic nitrogens is 5. The van der Waals surface area contributed by atoms with Crippen molar-refractivity contribution in [3.8, 4) is 5.69 Å². The van der Waals surface area contributed by atoms with Crippen molar-refractivity contribution in [2.75, 3.05) is 63.9 Å². The highest BCUT2D eigenvalue weighted by molar-refractivity contribution is 6.05. The van der Waals surface area contributed by atoms with Crippen LogP contribution in [-0.4, -0.2) is 121 Å². The maximum atomic E-state index is 14.4. The van der Waals surface area contributed by atoms with Crippen LogP contribution in [0.4, 0.5) is 18.9 Å². The number of likely N-dealkylation sites (tertiary alicyclic amines) is 1. The lowest BCUT2D eigenvalue weighted by molar-refractivity contribution is -0.137. The SMILES string of the molecule is C[C@H](c1cccc(-n2cc3c(C(F)(F)F)cc(COCCCN4CCC(CN5CCN(c6ccc7c(c6)CN(C6CCC(=O)NC6=O)C7=O)CC5)CC4)cn3c2=O)c1)c1nncn1C. The summed E-state index contributed by atoms with van der Waals surface area (Å²) in [6, 6.07) is 13.5. The molecule has 338 valence electrons. The standard InChI is InChI=1S/C46H53F3N10O5/c1-30(42-52-50-29-53(42)2)33-5-3-6-36(22-33)57-27-40-38(46(47,48)49)21-32(25-59(40)45(57)63)28-64-20-4-13-54-14-11-31(12-15-54)24-55-16-18-56(19-17-55)35-7-8-37-34(23-35)26-58(44(37)62)39-9-10-41(60)51-43(39)61/h3,5-8,21-23,25,27,29-31,39H,4,9-20,24,26,28H2,1-2H3,(H,51,60,61)/t30-,39?/m1/s1. The Bertz CT molecular complexity index is 2610. The number of carbonyl (C=O) groups is 3. The first-order chi connectivity index (χ1) is 30.8. The number of nitrogens with one attached hydrogen (secondary N) is 1. The van der Waals surface area contributed by atoms with E-state index in [4.69, 9.17) is 4.74 Å². The van der Waals surface area contributed by atoms with Gasteiger partial charge in [-0.25, -0.2) is 4.79 Å². The van der Waals surface area contributed by atoms with Gasteiger partial charge in [-0.2, -0.15) is 13.2 Å². The van der Waals surface area contributed by atoms with Crippen LogP contribution in [0.25, 0.3) is 11.2 Å². The average molecular weight is 883 g/mol. The fourth-order valence-corrected chi connectivity index (χ4v) is 9.80. The van der Waals surface area contributed by atoms with Crippen LogP contribution >= 0.6 is 0 Å². The van der Waals surface area contributed by atoms with Gasteiger partial charge in [0.25, 0.3) is 5.91 Å². The van der Waals surface area contributed by atoms with Crippen LogP contribution in [-0.2, 0) is 40.7 Å². The third-order valence-corrected chi connectivity index (χ3v) is 13.4. The second-order valence-electron chi connectivity index (χ2n) is 17.6. The van der Waals surface area contributed by atoms with Gasteiger partial charge in [0, 0.05) is 95.5 Å². The minimum Gasteiger partial charge on any atom is -0.377 e. The molecule has 15 nitrogen and oxygen atoms in total. The fraction of sp³-hybridized carbons (Fsp3) is 0.478. The Hall–Kier alpha value is -5.85. The summed E-state index contributed by atoms with van der Waals surface area (Å²) in [6.07, 6.45) is 3.13. The van der Waals surface area contributed by atoms with E-state index in [-0.39, 0.29) is 41.8 Å². The molecule has 4 aliphatic heterocycles. The van der Waals surface area contributed by atoms with Crippen molar-refractivity contribution in [1.29, 1.82) is 0 Å². The second kappa shape index (κ2) is 18.0. The molecule has 9 rings (SSSR count). The van der Waals surface area contributed by atoms with Gasteiger partial charge in [0.1, 0.15) is 18.2 Å². The third kappa shape index (κ3) is 8.95. The summed E-state index contributed by atoms with van der Waals surface area (Å²) in [6.45, 7) is 10.2. The number of ether oxygens (including phenoxy) is 1. The molecule has 2 atom stereocenters. The van der Waals surface area contributed by atoms with Crippen molar-refractivity contribution in [2.45, 2.75) is 70.3 Å². The summed E-state index contributed by atoms with van der Waals surface area (Å²) in [7, 11) is 1.84. The minimum atomic E-state index is -4.68. The molecule has 3 saturated heterocycles. The van der Waals surface area contributed by atoms with E-state index in [1.54, 1.807) is 34.0 Å². The fourth-order valence-electron chi connectivity index (χ4n) is 9.80. The molecule has 2 aromatic carbocycles. The Labute approximate surface area is 368 Å². The number of piperazine rings is 1. The van der Waals surface area contributed by atoms with Gasteiger partial charge in [-0.3, -0.25) is 33.6 Å². The van der Waals surface area contributed by atoms with E-state index in [1.165, 1.54) is 17.0 Å². The van der Waals surface area contributed by atoms with Gasteiger partial charge in [0.05, 0.1) is 23.4 Å². The average Bonchev–Trinajstić information content (AvgIpc) is 3.97. The summed E-state index contributed by atoms with van der Waals surface area (Å²) in [5, 5.41) is 10.5. The van der Waals surface area contributed by atoms with Crippen LogP contribution < -0.4 is 15.9 Å². The molecule has 3 amide bonds. The van der Waals surface area contributed by atoms with Gasteiger partial charge in [-0.05, 0) is 97.8 Å². The van der Waals surface area contributed by atoms with Crippen molar-refractivity contribution in [3.63, 3.8) is 0 Å². The molecular formula is C46H53F3N10O5. The van der Waals surface area contributed by atoms with Crippen molar-refractivity contribution in [3.05, 3.63) is 111 Å². The summed E-state index contributed by atoms with van der Waals surface area (Å²) in [5.41, 5.74) is 2.46. The highest BCUT2D eigenvalue weighted by atomic mass is 19.4. The summed E-state index contributed by atoms with van der Waals surface area (Å²) in [4.78, 5) is 59.8. The van der Waals surface area contributed by atoms with E-state index in [1.807, 2.05) is 32.2 Å². The van der Waals surface area contributed by atoms with E-state index in [9.17, 15) is 32.3 Å². The first-order valence-corrected chi connectivity index (χ1v) is 22.1. The molecule has 64 heavy (non-hydrogen) atoms. The molecule has 0 saturated carbocycles. The maximum absolute atomic E-state index is 14.4. The minimum absolute atomic E-state index is 0.0496. The summed E-state index contributed by atoms with van der Waals surface area (Å²) >= 11 is 0. The zero-order valence-electron chi connectivity index (χ0n) is 36.1. The largest absolute Gasteiger partial charge is 0.418 e. The number of hydrogen-bond acceptors (Lipinski definition) is 10. The van der Waals surface area contributed by atoms with Crippen LogP contribution in [0.1, 0.15) is 83.4 Å². The number of alkyl halides is 3. The number of aryl methyl sites for hydroxylation is 1. The topological polar surface area (TPSA) is 143 Å². The quantitative estimate of drug-likeness (QED) is 0.132. The number of fused-ring (bicyclic) bond motifs is 2. The molecule has 3 aromatic heterocycles. The van der Waals surface area contributed by atoms with Crippen molar-refractivity contribution in [1.82, 2.24) is 43.7 Å². The van der Waals surface area contributed by atoms with E-state index >= 15 is 0 Å². The third-order valence-electron chi connectivity index (χ3n) is 13.4. The number of nitrogens with zero attached hydrogens (tertiary/aromatic N) is 9. The summed E-state index contributed by atoms with van der Waals surface area (Å²) < 4.78 is 53.2. The van der Waals surface area contributed by atoms with Crippen LogP contribution in [0.3, 0.4) is 0 Å². The Morgan fingerprint density at radius 1 is 0.906 bits per heavy atom. The number of imidazole rings is 1. The first-order valence-electron chi connectivity index (χ1n) is 22.1. The normalized spacial score (nSPS) is 19.8. The molecule has 5 aromatic rings. The van der Waals surface area contributed by atoms with E-state index in [2.05, 4.69) is 36.3 Å². The van der Waals surface area contributed by atoms with Crippen LogP contribution in [0, 0.1) is 5.92 Å². The number of hydrogen-bond donors (Lipinski definition) is 1. The number of anilines is 1. The van der Waals surface area contributed by atoms with Gasteiger partial charge in [-0.1, -0.05) is 19.1 Å². The van der Waals surface area contributed by atoms with Crippen LogP contribution in [0.5, 0.6) is 0 Å². The lowest BCUT2D eigenvalue weighted by Crippen LogP contribution is -2.52. The van der Waals surface area contributed by atoms with E-state index in [0.717, 1.165) is 105 Å².